The van der Waals surface area contributed by atoms with Gasteiger partial charge in [0.25, 0.3) is 5.08 Å². The zero-order chi connectivity index (χ0) is 18.2. The van der Waals surface area contributed by atoms with E-state index in [0.29, 0.717) is 17.8 Å². The van der Waals surface area contributed by atoms with E-state index >= 15 is 0 Å². The first kappa shape index (κ1) is 22.5. The summed E-state index contributed by atoms with van der Waals surface area (Å²) in [5.74, 6) is -0.170. The molecule has 3 N–H and O–H groups in total. The van der Waals surface area contributed by atoms with E-state index < -0.39 is 26.6 Å². The summed E-state index contributed by atoms with van der Waals surface area (Å²) in [6.45, 7) is -0.173. The number of nitrogens with zero attached hydrogens (tertiary/aromatic N) is 1. The minimum atomic E-state index is -5.54. The van der Waals surface area contributed by atoms with Crippen LogP contribution in [0.1, 0.15) is 0 Å². The molecule has 0 saturated heterocycles. The summed E-state index contributed by atoms with van der Waals surface area (Å²) in [5.41, 5.74) is 1.24. The van der Waals surface area contributed by atoms with Crippen molar-refractivity contribution in [3.8, 4) is 16.9 Å². The van der Waals surface area contributed by atoms with Crippen LogP contribution in [0.4, 0.5) is 0 Å². The number of pyridine rings is 1. The maximum Gasteiger partial charge on any atom is 1.00 e. The van der Waals surface area contributed by atoms with Crippen molar-refractivity contribution in [1.82, 2.24) is 0 Å². The van der Waals surface area contributed by atoms with Gasteiger partial charge in [-0.2, -0.15) is 0 Å². The van der Waals surface area contributed by atoms with E-state index in [1.54, 1.807) is 18.2 Å². The van der Waals surface area contributed by atoms with Gasteiger partial charge in [-0.3, -0.25) is 4.57 Å². The first-order valence-electron chi connectivity index (χ1n) is 6.77. The first-order chi connectivity index (χ1) is 10.9. The molecule has 11 heteroatoms. The molecular weight excluding hydrogens is 379 g/mol. The molecule has 1 aromatic carbocycles. The predicted molar refractivity (Wildman–Crippen MR) is 82.0 cm³/mol. The van der Waals surface area contributed by atoms with Crippen molar-refractivity contribution in [2.45, 2.75) is 11.6 Å². The van der Waals surface area contributed by atoms with E-state index in [9.17, 15) is 34.0 Å². The number of hydrogen-bond acceptors (Lipinski definition) is 5. The molecule has 0 bridgehead atoms. The number of aromatic nitrogens is 1. The Hall–Kier alpha value is -0.530. The van der Waals surface area contributed by atoms with Crippen LogP contribution in [0.5, 0.6) is 5.75 Å². The van der Waals surface area contributed by atoms with Crippen LogP contribution in [0, 0.1) is 0 Å². The number of benzene rings is 1. The summed E-state index contributed by atoms with van der Waals surface area (Å²) in [4.78, 5) is 30.2. The molecule has 130 valence electrons. The van der Waals surface area contributed by atoms with Crippen LogP contribution in [0.3, 0.4) is 0 Å². The normalized spacial score (nSPS) is 18.3. The summed E-state index contributed by atoms with van der Waals surface area (Å²) in [5, 5.41) is 18.1. The second kappa shape index (κ2) is 8.01. The average Bonchev–Trinajstić information content (AvgIpc) is 2.46. The van der Waals surface area contributed by atoms with Gasteiger partial charge in [0.2, 0.25) is 7.37 Å². The molecule has 0 saturated carbocycles. The molecule has 0 amide bonds. The van der Waals surface area contributed by atoms with Crippen LogP contribution in [0.25, 0.3) is 11.1 Å². The van der Waals surface area contributed by atoms with Crippen molar-refractivity contribution in [3.63, 3.8) is 0 Å². The Bertz CT molecular complexity index is 809. The predicted octanol–water partition coefficient (Wildman–Crippen LogP) is -3.19. The third kappa shape index (κ3) is 5.01. The summed E-state index contributed by atoms with van der Waals surface area (Å²) in [6, 6.07) is 9.06. The van der Waals surface area contributed by atoms with Crippen LogP contribution >= 0.6 is 15.0 Å². The minimum Gasteiger partial charge on any atom is -0.872 e. The van der Waals surface area contributed by atoms with E-state index in [0.717, 1.165) is 0 Å². The van der Waals surface area contributed by atoms with Gasteiger partial charge in [0, 0.05) is 18.3 Å². The second-order valence-corrected chi connectivity index (χ2v) is 10.1. The van der Waals surface area contributed by atoms with E-state index in [1.807, 2.05) is 0 Å². The summed E-state index contributed by atoms with van der Waals surface area (Å²) in [6.07, 6.45) is 2.80. The largest absolute Gasteiger partial charge is 1.00 e. The Morgan fingerprint density at radius 2 is 1.68 bits per heavy atom. The number of rotatable bonds is 5. The molecule has 0 radical (unpaired) electrons. The molecule has 3 unspecified atom stereocenters. The molecule has 25 heavy (non-hydrogen) atoms. The fraction of sp³-hybridized carbons (Fsp3) is 0.214. The van der Waals surface area contributed by atoms with Crippen molar-refractivity contribution in [1.29, 1.82) is 0 Å². The van der Waals surface area contributed by atoms with Gasteiger partial charge >= 0.3 is 29.6 Å². The third-order valence-corrected chi connectivity index (χ3v) is 7.95. The molecule has 0 fully saturated rings. The molecular formula is C14H16NNaO7P2. The Morgan fingerprint density at radius 3 is 2.16 bits per heavy atom. The average molecular weight is 395 g/mol. The topological polar surface area (TPSA) is 145 Å². The van der Waals surface area contributed by atoms with Gasteiger partial charge in [-0.1, -0.05) is 24.3 Å². The standard InChI is InChI=1S/C14H17NO7P2.Na/c1-23(18,19)14(17,24(20,21)22)10-15-8-2-3-12(9-15)11-4-6-13(16)7-5-11;/h2-9,17H,10H2,1H3,(H3-,16,18,19,20,21,22);/q;+1/p-1. The molecule has 1 aromatic heterocycles. The van der Waals surface area contributed by atoms with Gasteiger partial charge in [-0.15, -0.1) is 5.75 Å². The molecule has 0 aliphatic carbocycles. The smallest absolute Gasteiger partial charge is 0.872 e. The van der Waals surface area contributed by atoms with Crippen LogP contribution in [0.15, 0.2) is 48.8 Å². The first-order valence-corrected chi connectivity index (χ1v) is 10.5. The van der Waals surface area contributed by atoms with Gasteiger partial charge in [0.15, 0.2) is 26.5 Å². The Morgan fingerprint density at radius 1 is 1.12 bits per heavy atom. The van der Waals surface area contributed by atoms with Crippen LogP contribution < -0.4 is 44.1 Å². The Balaban J connectivity index is 0.00000312. The van der Waals surface area contributed by atoms with E-state index in [-0.39, 0.29) is 35.3 Å². The van der Waals surface area contributed by atoms with E-state index in [1.165, 1.54) is 35.2 Å². The molecule has 0 aliphatic rings. The molecule has 2 rings (SSSR count). The zero-order valence-corrected chi connectivity index (χ0v) is 17.4. The summed E-state index contributed by atoms with van der Waals surface area (Å²) >= 11 is 0. The maximum atomic E-state index is 11.8. The monoisotopic (exact) mass is 395 g/mol. The van der Waals surface area contributed by atoms with Crippen LogP contribution in [-0.2, 0) is 15.7 Å². The maximum absolute atomic E-state index is 11.8. The molecule has 0 spiro atoms. The third-order valence-electron chi connectivity index (χ3n) is 3.56. The van der Waals surface area contributed by atoms with Crippen molar-refractivity contribution in [3.05, 3.63) is 48.8 Å². The van der Waals surface area contributed by atoms with Crippen molar-refractivity contribution in [2.75, 3.05) is 6.66 Å². The van der Waals surface area contributed by atoms with Crippen molar-refractivity contribution < 1.29 is 68.1 Å². The molecule has 3 atom stereocenters. The van der Waals surface area contributed by atoms with Gasteiger partial charge in [0.05, 0.1) is 0 Å². The zero-order valence-electron chi connectivity index (χ0n) is 13.6. The van der Waals surface area contributed by atoms with E-state index in [2.05, 4.69) is 0 Å². The molecule has 8 nitrogen and oxygen atoms in total. The van der Waals surface area contributed by atoms with Gasteiger partial charge in [-0.05, 0) is 11.6 Å². The summed E-state index contributed by atoms with van der Waals surface area (Å²) in [7, 11) is -10.1. The van der Waals surface area contributed by atoms with Crippen molar-refractivity contribution in [2.24, 2.45) is 0 Å². The van der Waals surface area contributed by atoms with Crippen LogP contribution in [0.2, 0.25) is 0 Å². The van der Waals surface area contributed by atoms with Crippen LogP contribution in [-0.4, -0.2) is 26.6 Å². The van der Waals surface area contributed by atoms with Gasteiger partial charge in [-0.25, -0.2) is 4.57 Å². The molecule has 0 aliphatic heterocycles. The Labute approximate surface area is 166 Å². The SMILES string of the molecule is CP(=O)(O)C(O)(C[n+]1cccc(-c2ccc([O-])cc2)c1)P(=O)([O-])O.[Na+]. The van der Waals surface area contributed by atoms with Gasteiger partial charge < -0.3 is 29.5 Å². The minimum absolute atomic E-state index is 0. The quantitative estimate of drug-likeness (QED) is 0.275. The van der Waals surface area contributed by atoms with Crippen molar-refractivity contribution >= 4 is 15.0 Å². The molecule has 2 aromatic rings. The number of hydrogen-bond donors (Lipinski definition) is 3. The molecule has 1 heterocycles. The van der Waals surface area contributed by atoms with Gasteiger partial charge in [0.1, 0.15) is 0 Å². The second-order valence-electron chi connectivity index (χ2n) is 5.46. The van der Waals surface area contributed by atoms with E-state index in [4.69, 9.17) is 0 Å². The number of aliphatic hydroxyl groups is 1. The summed E-state index contributed by atoms with van der Waals surface area (Å²) < 4.78 is 24.4. The Kier molecular flexibility index (Phi) is 7.21. The fourth-order valence-electron chi connectivity index (χ4n) is 2.14. The fourth-order valence-corrected chi connectivity index (χ4v) is 4.78.